The Morgan fingerprint density at radius 2 is 2.38 bits per heavy atom. The van der Waals surface area contributed by atoms with Crippen LogP contribution in [-0.2, 0) is 10.0 Å². The Balaban J connectivity index is 2.74. The number of thiophene rings is 1. The van der Waals surface area contributed by atoms with Crippen LogP contribution in [0.3, 0.4) is 0 Å². The number of azide groups is 1. The molecule has 0 fully saturated rings. The van der Waals surface area contributed by atoms with Gasteiger partial charge in [0, 0.05) is 18.0 Å². The molecular weight excluding hydrogens is 340 g/mol. The molecule has 0 bridgehead atoms. The van der Waals surface area contributed by atoms with Crippen LogP contribution in [0.25, 0.3) is 10.4 Å². The maximum Gasteiger partial charge on any atom is 0.250 e. The Morgan fingerprint density at radius 1 is 1.69 bits per heavy atom. The van der Waals surface area contributed by atoms with Crippen molar-refractivity contribution in [1.29, 1.82) is 0 Å². The Kier molecular flexibility index (Phi) is 5.03. The van der Waals surface area contributed by atoms with Crippen LogP contribution in [0.4, 0.5) is 0 Å². The highest BCUT2D eigenvalue weighted by atomic mass is 79.9. The first-order valence-corrected chi connectivity index (χ1v) is 7.40. The minimum Gasteiger partial charge on any atom is -0.210 e. The number of nitrogens with one attached hydrogen (secondary N) is 1. The van der Waals surface area contributed by atoms with Gasteiger partial charge in [0.05, 0.1) is 8.81 Å². The molecule has 0 atom stereocenters. The van der Waals surface area contributed by atoms with E-state index in [1.807, 2.05) is 0 Å². The molecule has 16 heavy (non-hydrogen) atoms. The molecule has 1 rings (SSSR count). The topological polar surface area (TPSA) is 94.9 Å². The Hall–Kier alpha value is -0.310. The highest BCUT2D eigenvalue weighted by molar-refractivity contribution is 9.11. The summed E-state index contributed by atoms with van der Waals surface area (Å²) in [6, 6.07) is 1.35. The van der Waals surface area contributed by atoms with Crippen molar-refractivity contribution in [3.05, 3.63) is 25.3 Å². The quantitative estimate of drug-likeness (QED) is 0.384. The van der Waals surface area contributed by atoms with E-state index in [2.05, 4.69) is 30.7 Å². The van der Waals surface area contributed by atoms with Crippen molar-refractivity contribution in [2.24, 2.45) is 5.11 Å². The second kappa shape index (κ2) is 5.85. The Morgan fingerprint density at radius 3 is 2.88 bits per heavy atom. The largest absolute Gasteiger partial charge is 0.250 e. The molecule has 10 heteroatoms. The van der Waals surface area contributed by atoms with E-state index in [0.717, 1.165) is 11.3 Å². The van der Waals surface area contributed by atoms with Crippen LogP contribution in [0.15, 0.2) is 19.2 Å². The number of halogens is 2. The Labute approximate surface area is 109 Å². The van der Waals surface area contributed by atoms with Crippen LogP contribution in [0.1, 0.15) is 0 Å². The Bertz CT molecular complexity index is 503. The number of sulfonamides is 1. The maximum absolute atomic E-state index is 11.6. The third-order valence-corrected chi connectivity index (χ3v) is 5.86. The van der Waals surface area contributed by atoms with E-state index in [0.29, 0.717) is 8.81 Å². The number of hydrogen-bond acceptors (Lipinski definition) is 4. The van der Waals surface area contributed by atoms with Crippen LogP contribution in [0, 0.1) is 0 Å². The maximum atomic E-state index is 11.6. The van der Waals surface area contributed by atoms with E-state index in [9.17, 15) is 8.42 Å². The minimum atomic E-state index is -3.57. The fourth-order valence-electron chi connectivity index (χ4n) is 0.805. The van der Waals surface area contributed by atoms with Crippen LogP contribution < -0.4 is 4.72 Å². The SMILES string of the molecule is [N-]=[N+]=NCCNS(=O)(=O)c1cc(Cl)c(Br)s1. The van der Waals surface area contributed by atoms with Crippen molar-refractivity contribution in [1.82, 2.24) is 4.72 Å². The molecule has 0 aliphatic rings. The van der Waals surface area contributed by atoms with Gasteiger partial charge in [-0.2, -0.15) is 0 Å². The summed E-state index contributed by atoms with van der Waals surface area (Å²) < 4.78 is 26.3. The normalized spacial score (nSPS) is 11.1. The van der Waals surface area contributed by atoms with Crippen LogP contribution >= 0.6 is 38.9 Å². The average molecular weight is 346 g/mol. The van der Waals surface area contributed by atoms with E-state index in [4.69, 9.17) is 17.1 Å². The van der Waals surface area contributed by atoms with Crippen LogP contribution in [0.2, 0.25) is 5.02 Å². The highest BCUT2D eigenvalue weighted by Gasteiger charge is 2.17. The number of hydrogen-bond donors (Lipinski definition) is 1. The molecule has 0 spiro atoms. The molecule has 0 unspecified atom stereocenters. The summed E-state index contributed by atoms with van der Waals surface area (Å²) in [5.41, 5.74) is 8.01. The van der Waals surface area contributed by atoms with Gasteiger partial charge in [0.1, 0.15) is 4.21 Å². The number of rotatable bonds is 5. The van der Waals surface area contributed by atoms with E-state index in [-0.39, 0.29) is 17.3 Å². The molecule has 0 saturated carbocycles. The monoisotopic (exact) mass is 344 g/mol. The van der Waals surface area contributed by atoms with Crippen molar-refractivity contribution in [3.63, 3.8) is 0 Å². The summed E-state index contributed by atoms with van der Waals surface area (Å²) in [6.45, 7) is 0.121. The van der Waals surface area contributed by atoms with Crippen LogP contribution in [0.5, 0.6) is 0 Å². The van der Waals surface area contributed by atoms with Crippen molar-refractivity contribution < 1.29 is 8.42 Å². The minimum absolute atomic E-state index is 0.0551. The second-order valence-corrected chi connectivity index (χ2v) is 7.31. The zero-order chi connectivity index (χ0) is 12.2. The van der Waals surface area contributed by atoms with Gasteiger partial charge in [-0.3, -0.25) is 0 Å². The predicted molar refractivity (Wildman–Crippen MR) is 66.2 cm³/mol. The molecule has 1 N–H and O–H groups in total. The molecule has 6 nitrogen and oxygen atoms in total. The van der Waals surface area contributed by atoms with Gasteiger partial charge in [0.15, 0.2) is 0 Å². The molecule has 1 heterocycles. The lowest BCUT2D eigenvalue weighted by Crippen LogP contribution is -2.25. The molecule has 0 aliphatic carbocycles. The van der Waals surface area contributed by atoms with Gasteiger partial charge in [0.25, 0.3) is 0 Å². The van der Waals surface area contributed by atoms with E-state index in [1.165, 1.54) is 6.07 Å². The molecule has 0 aliphatic heterocycles. The summed E-state index contributed by atoms with van der Waals surface area (Å²) >= 11 is 9.87. The zero-order valence-electron chi connectivity index (χ0n) is 7.72. The number of nitrogens with zero attached hydrogens (tertiary/aromatic N) is 3. The smallest absolute Gasteiger partial charge is 0.210 e. The predicted octanol–water partition coefficient (Wildman–Crippen LogP) is 2.75. The fraction of sp³-hybridized carbons (Fsp3) is 0.333. The van der Waals surface area contributed by atoms with Gasteiger partial charge in [-0.15, -0.1) is 11.3 Å². The van der Waals surface area contributed by atoms with Crippen LogP contribution in [-0.4, -0.2) is 21.5 Å². The molecule has 0 radical (unpaired) electrons. The summed E-state index contributed by atoms with van der Waals surface area (Å²) in [4.78, 5) is 2.51. The molecule has 0 amide bonds. The van der Waals surface area contributed by atoms with E-state index >= 15 is 0 Å². The lowest BCUT2D eigenvalue weighted by molar-refractivity contribution is 0.584. The first-order valence-electron chi connectivity index (χ1n) is 3.92. The van der Waals surface area contributed by atoms with Gasteiger partial charge in [-0.1, -0.05) is 16.7 Å². The highest BCUT2D eigenvalue weighted by Crippen LogP contribution is 2.34. The first kappa shape index (κ1) is 13.8. The third kappa shape index (κ3) is 3.62. The first-order chi connectivity index (χ1) is 7.47. The van der Waals surface area contributed by atoms with Gasteiger partial charge in [-0.25, -0.2) is 13.1 Å². The lowest BCUT2D eigenvalue weighted by atomic mass is 10.7. The summed E-state index contributed by atoms with van der Waals surface area (Å²) in [7, 11) is -3.57. The van der Waals surface area contributed by atoms with Crippen molar-refractivity contribution >= 4 is 48.9 Å². The van der Waals surface area contributed by atoms with Crippen molar-refractivity contribution in [2.75, 3.05) is 13.1 Å². The third-order valence-electron chi connectivity index (χ3n) is 1.45. The van der Waals surface area contributed by atoms with Crippen molar-refractivity contribution in [3.8, 4) is 0 Å². The molecule has 0 aromatic carbocycles. The molecule has 0 saturated heterocycles. The van der Waals surface area contributed by atoms with Gasteiger partial charge < -0.3 is 0 Å². The van der Waals surface area contributed by atoms with Gasteiger partial charge >= 0.3 is 0 Å². The zero-order valence-corrected chi connectivity index (χ0v) is 11.7. The second-order valence-electron chi connectivity index (χ2n) is 2.54. The molecule has 88 valence electrons. The fourth-order valence-corrected chi connectivity index (χ4v) is 4.27. The average Bonchev–Trinajstić information content (AvgIpc) is 2.55. The molecule has 1 aromatic rings. The standard InChI is InChI=1S/C6H6BrClN4O2S2/c7-6-4(8)3-5(15-6)16(13,14)11-2-1-10-12-9/h3,11H,1-2H2. The molecule has 1 aromatic heterocycles. The summed E-state index contributed by atoms with van der Waals surface area (Å²) in [5.74, 6) is 0. The molecular formula is C6H6BrClN4O2S2. The summed E-state index contributed by atoms with van der Waals surface area (Å²) in [5, 5.41) is 3.56. The van der Waals surface area contributed by atoms with E-state index in [1.54, 1.807) is 0 Å². The van der Waals surface area contributed by atoms with E-state index < -0.39 is 10.0 Å². The van der Waals surface area contributed by atoms with Crippen molar-refractivity contribution in [2.45, 2.75) is 4.21 Å². The summed E-state index contributed by atoms with van der Waals surface area (Å²) in [6.07, 6.45) is 0. The van der Waals surface area contributed by atoms with Gasteiger partial charge in [-0.05, 0) is 27.5 Å². The lowest BCUT2D eigenvalue weighted by Gasteiger charge is -2.01. The van der Waals surface area contributed by atoms with Gasteiger partial charge in [0.2, 0.25) is 10.0 Å².